The number of hydrogen-bond donors (Lipinski definition) is 0. The molecule has 4 aromatic rings. The molecule has 4 rings (SSSR count). The third-order valence-electron chi connectivity index (χ3n) is 6.14. The smallest absolute Gasteiger partial charge is 0.311 e. The molecule has 0 aliphatic rings. The predicted octanol–water partition coefficient (Wildman–Crippen LogP) is 5.11. The number of aromatic nitrogens is 6. The summed E-state index contributed by atoms with van der Waals surface area (Å²) in [5, 5.41) is 28.4. The van der Waals surface area contributed by atoms with Crippen molar-refractivity contribution in [2.24, 2.45) is 0 Å². The van der Waals surface area contributed by atoms with Crippen LogP contribution in [0.3, 0.4) is 0 Å². The minimum Gasteiger partial charge on any atom is -0.311 e. The van der Waals surface area contributed by atoms with Gasteiger partial charge in [0.2, 0.25) is 0 Å². The van der Waals surface area contributed by atoms with E-state index >= 15 is 0 Å². The van der Waals surface area contributed by atoms with E-state index in [-0.39, 0.29) is 31.9 Å². The molecular formula is C29H30N8Pt. The Morgan fingerprint density at radius 3 is 1.32 bits per heavy atom. The Morgan fingerprint density at radius 1 is 0.658 bits per heavy atom. The van der Waals surface area contributed by atoms with Crippen LogP contribution in [0.2, 0.25) is 0 Å². The van der Waals surface area contributed by atoms with Gasteiger partial charge in [0.15, 0.2) is 0 Å². The average molecular weight is 686 g/mol. The van der Waals surface area contributed by atoms with E-state index in [0.717, 1.165) is 11.4 Å². The van der Waals surface area contributed by atoms with Crippen molar-refractivity contribution in [1.29, 1.82) is 10.5 Å². The standard InChI is InChI=1S/C29H30N8.Pt/c1-27(2,3)25-19(15-30)17-36(34-25)23-13-9-11-21(32-23)29(7,8)22-12-10-14-24(33-22)37-18-20(16-31)26(35-37)28(4,5)6;/h9-14H,1-8H3;/q-2;+2. The molecule has 0 aliphatic carbocycles. The fraction of sp³-hybridized carbons (Fsp3) is 0.379. The molecule has 0 saturated carbocycles. The van der Waals surface area contributed by atoms with Crippen molar-refractivity contribution in [3.8, 4) is 23.8 Å². The maximum Gasteiger partial charge on any atom is 2.00 e. The van der Waals surface area contributed by atoms with Gasteiger partial charge in [0.25, 0.3) is 0 Å². The van der Waals surface area contributed by atoms with Crippen LogP contribution in [-0.4, -0.2) is 29.5 Å². The number of nitriles is 2. The van der Waals surface area contributed by atoms with E-state index in [1.165, 1.54) is 0 Å². The van der Waals surface area contributed by atoms with E-state index in [1.807, 2.05) is 91.8 Å². The third-order valence-corrected chi connectivity index (χ3v) is 6.14. The quantitative estimate of drug-likeness (QED) is 0.277. The zero-order chi connectivity index (χ0) is 27.2. The Bertz CT molecular complexity index is 1430. The second kappa shape index (κ2) is 10.3. The fourth-order valence-corrected chi connectivity index (χ4v) is 4.00. The first-order valence-corrected chi connectivity index (χ1v) is 12.1. The van der Waals surface area contributed by atoms with E-state index in [1.54, 1.807) is 9.36 Å². The van der Waals surface area contributed by atoms with Crippen molar-refractivity contribution in [2.75, 3.05) is 0 Å². The zero-order valence-corrected chi connectivity index (χ0v) is 25.1. The van der Waals surface area contributed by atoms with Gasteiger partial charge >= 0.3 is 21.1 Å². The fourth-order valence-electron chi connectivity index (χ4n) is 4.00. The van der Waals surface area contributed by atoms with Gasteiger partial charge in [-0.1, -0.05) is 65.8 Å². The first kappa shape index (κ1) is 29.0. The molecule has 8 nitrogen and oxygen atoms in total. The van der Waals surface area contributed by atoms with Gasteiger partial charge in [-0.25, -0.2) is 10.2 Å². The summed E-state index contributed by atoms with van der Waals surface area (Å²) in [5.74, 6) is 1.14. The van der Waals surface area contributed by atoms with Crippen LogP contribution >= 0.6 is 0 Å². The molecule has 0 aromatic carbocycles. The first-order chi connectivity index (χ1) is 17.3. The van der Waals surface area contributed by atoms with Gasteiger partial charge in [-0.2, -0.15) is 0 Å². The first-order valence-electron chi connectivity index (χ1n) is 12.1. The molecular weight excluding hydrogens is 655 g/mol. The molecule has 4 heterocycles. The minimum absolute atomic E-state index is 0. The third kappa shape index (κ3) is 5.47. The van der Waals surface area contributed by atoms with Crippen LogP contribution in [0.4, 0.5) is 0 Å². The molecule has 196 valence electrons. The van der Waals surface area contributed by atoms with Crippen LogP contribution in [0.25, 0.3) is 11.6 Å². The van der Waals surface area contributed by atoms with Crippen LogP contribution < -0.4 is 0 Å². The molecule has 0 fully saturated rings. The monoisotopic (exact) mass is 685 g/mol. The Labute approximate surface area is 238 Å². The van der Waals surface area contributed by atoms with Crippen LogP contribution in [-0.2, 0) is 37.3 Å². The SMILES string of the molecule is CC(C)(C)c1nn(-c2cccc(C(C)(C)c3cccc(-n4[c-]c(C#N)c(C(C)(C)C)n4)n3)n2)[c-]c1C#N.[Pt+2]. The average Bonchev–Trinajstić information content (AvgIpc) is 3.49. The molecule has 4 aromatic heterocycles. The Balaban J connectivity index is 0.00000400. The van der Waals surface area contributed by atoms with E-state index < -0.39 is 5.41 Å². The molecule has 0 N–H and O–H groups in total. The van der Waals surface area contributed by atoms with Crippen LogP contribution in [0.5, 0.6) is 0 Å². The second-order valence-electron chi connectivity index (χ2n) is 11.6. The summed E-state index contributed by atoms with van der Waals surface area (Å²) in [6.07, 6.45) is 6.11. The summed E-state index contributed by atoms with van der Waals surface area (Å²) in [6.45, 7) is 16.2. The molecule has 0 unspecified atom stereocenters. The molecule has 9 heteroatoms. The van der Waals surface area contributed by atoms with Crippen LogP contribution in [0.15, 0.2) is 36.4 Å². The Hall–Kier alpha value is -3.61. The number of rotatable bonds is 4. The molecule has 0 spiro atoms. The topological polar surface area (TPSA) is 109 Å². The van der Waals surface area contributed by atoms with Crippen molar-refractivity contribution in [3.63, 3.8) is 0 Å². The summed E-state index contributed by atoms with van der Waals surface area (Å²) < 4.78 is 3.08. The molecule has 0 amide bonds. The van der Waals surface area contributed by atoms with Gasteiger partial charge in [0.05, 0.1) is 11.6 Å². The number of pyridine rings is 2. The van der Waals surface area contributed by atoms with Crippen LogP contribution in [0, 0.1) is 35.1 Å². The second-order valence-corrected chi connectivity index (χ2v) is 11.6. The summed E-state index contributed by atoms with van der Waals surface area (Å²) in [6, 6.07) is 15.8. The molecule has 0 bridgehead atoms. The summed E-state index contributed by atoms with van der Waals surface area (Å²) in [7, 11) is 0. The normalized spacial score (nSPS) is 11.9. The van der Waals surface area contributed by atoms with Crippen molar-refractivity contribution in [3.05, 3.63) is 82.7 Å². The van der Waals surface area contributed by atoms with E-state index in [9.17, 15) is 10.5 Å². The van der Waals surface area contributed by atoms with Crippen LogP contribution in [0.1, 0.15) is 89.3 Å². The van der Waals surface area contributed by atoms with Gasteiger partial charge in [-0.15, -0.1) is 0 Å². The van der Waals surface area contributed by atoms with Crippen molar-refractivity contribution in [1.82, 2.24) is 29.5 Å². The summed E-state index contributed by atoms with van der Waals surface area (Å²) in [5.41, 5.74) is 2.59. The summed E-state index contributed by atoms with van der Waals surface area (Å²) >= 11 is 0. The molecule has 0 radical (unpaired) electrons. The summed E-state index contributed by atoms with van der Waals surface area (Å²) in [4.78, 5) is 9.75. The number of nitrogens with zero attached hydrogens (tertiary/aromatic N) is 8. The Kier molecular flexibility index (Phi) is 7.83. The largest absolute Gasteiger partial charge is 2.00 e. The zero-order valence-electron chi connectivity index (χ0n) is 22.9. The maximum atomic E-state index is 9.58. The predicted molar refractivity (Wildman–Crippen MR) is 139 cm³/mol. The van der Waals surface area contributed by atoms with Crippen molar-refractivity contribution >= 4 is 0 Å². The van der Waals surface area contributed by atoms with E-state index in [2.05, 4.69) is 34.7 Å². The van der Waals surface area contributed by atoms with Gasteiger partial charge in [0.1, 0.15) is 0 Å². The molecule has 0 atom stereocenters. The van der Waals surface area contributed by atoms with E-state index in [0.29, 0.717) is 34.2 Å². The van der Waals surface area contributed by atoms with Crippen molar-refractivity contribution in [2.45, 2.75) is 71.6 Å². The molecule has 38 heavy (non-hydrogen) atoms. The molecule has 0 saturated heterocycles. The van der Waals surface area contributed by atoms with Gasteiger partial charge < -0.3 is 9.36 Å². The van der Waals surface area contributed by atoms with Gasteiger partial charge in [-0.3, -0.25) is 20.5 Å². The molecule has 0 aliphatic heterocycles. The number of hydrogen-bond acceptors (Lipinski definition) is 6. The maximum absolute atomic E-state index is 9.58. The van der Waals surface area contributed by atoms with E-state index in [4.69, 9.17) is 9.97 Å². The Morgan fingerprint density at radius 2 is 1.03 bits per heavy atom. The van der Waals surface area contributed by atoms with Gasteiger partial charge in [0, 0.05) is 28.2 Å². The van der Waals surface area contributed by atoms with Gasteiger partial charge in [-0.05, 0) is 72.5 Å². The van der Waals surface area contributed by atoms with Crippen molar-refractivity contribution < 1.29 is 21.1 Å². The minimum atomic E-state index is -0.567.